The number of oxazole rings is 1. The molecule has 1 heterocycles. The second-order valence-corrected chi connectivity index (χ2v) is 6.29. The SMILES string of the molecule is CC(C)(C)c1ccc(-c2nc3cc(NC=O)ccc3o2)cc1. The molecule has 1 N–H and O–H groups in total. The van der Waals surface area contributed by atoms with E-state index in [1.54, 1.807) is 18.2 Å². The van der Waals surface area contributed by atoms with E-state index in [0.29, 0.717) is 23.6 Å². The number of nitrogens with zero attached hydrogens (tertiary/aromatic N) is 1. The Labute approximate surface area is 129 Å². The average Bonchev–Trinajstić information content (AvgIpc) is 2.90. The van der Waals surface area contributed by atoms with Crippen molar-refractivity contribution in [3.63, 3.8) is 0 Å². The van der Waals surface area contributed by atoms with Crippen molar-refractivity contribution in [3.8, 4) is 11.5 Å². The number of aromatic nitrogens is 1. The molecule has 1 aromatic heterocycles. The molecule has 3 rings (SSSR count). The molecule has 0 radical (unpaired) electrons. The van der Waals surface area contributed by atoms with E-state index in [1.807, 2.05) is 12.1 Å². The Morgan fingerprint density at radius 1 is 1.09 bits per heavy atom. The van der Waals surface area contributed by atoms with E-state index in [4.69, 9.17) is 4.42 Å². The van der Waals surface area contributed by atoms with Crippen LogP contribution < -0.4 is 5.32 Å². The zero-order chi connectivity index (χ0) is 15.7. The van der Waals surface area contributed by atoms with Crippen LogP contribution >= 0.6 is 0 Å². The van der Waals surface area contributed by atoms with Crippen LogP contribution in [0.5, 0.6) is 0 Å². The van der Waals surface area contributed by atoms with Gasteiger partial charge in [0, 0.05) is 11.3 Å². The number of anilines is 1. The van der Waals surface area contributed by atoms with Gasteiger partial charge in [0.05, 0.1) is 0 Å². The maximum Gasteiger partial charge on any atom is 0.227 e. The van der Waals surface area contributed by atoms with E-state index in [1.165, 1.54) is 5.56 Å². The van der Waals surface area contributed by atoms with Gasteiger partial charge in [0.25, 0.3) is 0 Å². The molecule has 0 unspecified atom stereocenters. The molecular formula is C18H18N2O2. The summed E-state index contributed by atoms with van der Waals surface area (Å²) in [6.45, 7) is 6.55. The van der Waals surface area contributed by atoms with Crippen LogP contribution in [-0.4, -0.2) is 11.4 Å². The summed E-state index contributed by atoms with van der Waals surface area (Å²) in [7, 11) is 0. The van der Waals surface area contributed by atoms with Crippen LogP contribution in [-0.2, 0) is 10.2 Å². The summed E-state index contributed by atoms with van der Waals surface area (Å²) in [6, 6.07) is 13.6. The molecule has 0 spiro atoms. The standard InChI is InChI=1S/C18H18N2O2/c1-18(2,3)13-6-4-12(5-7-13)17-20-15-10-14(19-11-21)8-9-16(15)22-17/h4-11H,1-3H3,(H,19,21). The lowest BCUT2D eigenvalue weighted by Crippen LogP contribution is -2.10. The predicted molar refractivity (Wildman–Crippen MR) is 87.8 cm³/mol. The molecule has 4 heteroatoms. The molecule has 4 nitrogen and oxygen atoms in total. The van der Waals surface area contributed by atoms with Crippen molar-refractivity contribution in [2.24, 2.45) is 0 Å². The van der Waals surface area contributed by atoms with Crippen LogP contribution in [0.3, 0.4) is 0 Å². The van der Waals surface area contributed by atoms with Gasteiger partial charge in [-0.25, -0.2) is 4.98 Å². The molecule has 0 aliphatic heterocycles. The first-order valence-electron chi connectivity index (χ1n) is 7.19. The number of carbonyl (C=O) groups is 1. The Balaban J connectivity index is 1.97. The van der Waals surface area contributed by atoms with Crippen molar-refractivity contribution >= 4 is 23.2 Å². The third-order valence-electron chi connectivity index (χ3n) is 3.61. The Hall–Kier alpha value is -2.62. The molecule has 0 atom stereocenters. The lowest BCUT2D eigenvalue weighted by Gasteiger charge is -2.18. The quantitative estimate of drug-likeness (QED) is 0.730. The fourth-order valence-corrected chi connectivity index (χ4v) is 2.32. The fourth-order valence-electron chi connectivity index (χ4n) is 2.32. The van der Waals surface area contributed by atoms with E-state index in [2.05, 4.69) is 43.2 Å². The molecule has 0 saturated heterocycles. The number of hydrogen-bond donors (Lipinski definition) is 1. The Bertz CT molecular complexity index is 811. The minimum Gasteiger partial charge on any atom is -0.436 e. The second-order valence-electron chi connectivity index (χ2n) is 6.29. The Morgan fingerprint density at radius 3 is 2.45 bits per heavy atom. The molecule has 0 saturated carbocycles. The first-order valence-corrected chi connectivity index (χ1v) is 7.19. The molecule has 112 valence electrons. The summed E-state index contributed by atoms with van der Waals surface area (Å²) in [6.07, 6.45) is 0.646. The van der Waals surface area contributed by atoms with Gasteiger partial charge in [-0.3, -0.25) is 4.79 Å². The van der Waals surface area contributed by atoms with Gasteiger partial charge in [0.15, 0.2) is 5.58 Å². The van der Waals surface area contributed by atoms with Gasteiger partial charge in [0.1, 0.15) is 5.52 Å². The third kappa shape index (κ3) is 2.72. The van der Waals surface area contributed by atoms with Gasteiger partial charge in [-0.2, -0.15) is 0 Å². The van der Waals surface area contributed by atoms with E-state index in [0.717, 1.165) is 11.1 Å². The predicted octanol–water partition coefficient (Wildman–Crippen LogP) is 4.36. The maximum atomic E-state index is 10.5. The zero-order valence-corrected chi connectivity index (χ0v) is 12.9. The van der Waals surface area contributed by atoms with Gasteiger partial charge in [-0.15, -0.1) is 0 Å². The largest absolute Gasteiger partial charge is 0.436 e. The van der Waals surface area contributed by atoms with Crippen LogP contribution in [0, 0.1) is 0 Å². The van der Waals surface area contributed by atoms with Crippen molar-refractivity contribution in [2.75, 3.05) is 5.32 Å². The number of carbonyl (C=O) groups excluding carboxylic acids is 1. The number of hydrogen-bond acceptors (Lipinski definition) is 3. The van der Waals surface area contributed by atoms with E-state index in [-0.39, 0.29) is 5.41 Å². The van der Waals surface area contributed by atoms with Crippen LogP contribution in [0.4, 0.5) is 5.69 Å². The highest BCUT2D eigenvalue weighted by Gasteiger charge is 2.14. The van der Waals surface area contributed by atoms with Crippen LogP contribution in [0.2, 0.25) is 0 Å². The number of rotatable bonds is 3. The summed E-state index contributed by atoms with van der Waals surface area (Å²) in [4.78, 5) is 15.0. The number of benzene rings is 2. The zero-order valence-electron chi connectivity index (χ0n) is 12.9. The highest BCUT2D eigenvalue weighted by molar-refractivity contribution is 5.83. The topological polar surface area (TPSA) is 55.1 Å². The molecule has 3 aromatic rings. The van der Waals surface area contributed by atoms with Crippen molar-refractivity contribution in [3.05, 3.63) is 48.0 Å². The maximum absolute atomic E-state index is 10.5. The number of fused-ring (bicyclic) bond motifs is 1. The van der Waals surface area contributed by atoms with Gasteiger partial charge < -0.3 is 9.73 Å². The van der Waals surface area contributed by atoms with Crippen molar-refractivity contribution < 1.29 is 9.21 Å². The van der Waals surface area contributed by atoms with E-state index >= 15 is 0 Å². The van der Waals surface area contributed by atoms with Gasteiger partial charge in [0.2, 0.25) is 12.3 Å². The normalized spacial score (nSPS) is 11.6. The summed E-state index contributed by atoms with van der Waals surface area (Å²) in [5.41, 5.74) is 4.45. The summed E-state index contributed by atoms with van der Waals surface area (Å²) < 4.78 is 5.79. The number of amides is 1. The Kier molecular flexibility index (Phi) is 3.45. The molecule has 22 heavy (non-hydrogen) atoms. The summed E-state index contributed by atoms with van der Waals surface area (Å²) in [5, 5.41) is 2.61. The van der Waals surface area contributed by atoms with Gasteiger partial charge in [-0.1, -0.05) is 32.9 Å². The average molecular weight is 294 g/mol. The fraction of sp³-hybridized carbons (Fsp3) is 0.222. The summed E-state index contributed by atoms with van der Waals surface area (Å²) >= 11 is 0. The summed E-state index contributed by atoms with van der Waals surface area (Å²) in [5.74, 6) is 0.582. The Morgan fingerprint density at radius 2 is 1.82 bits per heavy atom. The molecule has 2 aromatic carbocycles. The monoisotopic (exact) mass is 294 g/mol. The van der Waals surface area contributed by atoms with E-state index in [9.17, 15) is 4.79 Å². The van der Waals surface area contributed by atoms with Crippen LogP contribution in [0.15, 0.2) is 46.9 Å². The van der Waals surface area contributed by atoms with Gasteiger partial charge in [-0.05, 0) is 41.3 Å². The highest BCUT2D eigenvalue weighted by atomic mass is 16.3. The van der Waals surface area contributed by atoms with Crippen molar-refractivity contribution in [1.29, 1.82) is 0 Å². The first kappa shape index (κ1) is 14.3. The van der Waals surface area contributed by atoms with Gasteiger partial charge >= 0.3 is 0 Å². The third-order valence-corrected chi connectivity index (χ3v) is 3.61. The smallest absolute Gasteiger partial charge is 0.227 e. The lowest BCUT2D eigenvalue weighted by atomic mass is 9.87. The molecule has 0 fully saturated rings. The van der Waals surface area contributed by atoms with Crippen molar-refractivity contribution in [2.45, 2.75) is 26.2 Å². The lowest BCUT2D eigenvalue weighted by molar-refractivity contribution is -0.105. The number of nitrogens with one attached hydrogen (secondary N) is 1. The molecule has 0 aliphatic rings. The van der Waals surface area contributed by atoms with Crippen LogP contribution in [0.1, 0.15) is 26.3 Å². The minimum atomic E-state index is 0.120. The second kappa shape index (κ2) is 5.30. The van der Waals surface area contributed by atoms with E-state index < -0.39 is 0 Å². The minimum absolute atomic E-state index is 0.120. The van der Waals surface area contributed by atoms with Crippen molar-refractivity contribution in [1.82, 2.24) is 4.98 Å². The molecule has 1 amide bonds. The first-order chi connectivity index (χ1) is 10.5. The molecular weight excluding hydrogens is 276 g/mol. The van der Waals surface area contributed by atoms with Crippen LogP contribution in [0.25, 0.3) is 22.6 Å². The molecule has 0 aliphatic carbocycles. The molecule has 0 bridgehead atoms. The highest BCUT2D eigenvalue weighted by Crippen LogP contribution is 2.28.